The molecule has 0 aromatic carbocycles. The third-order valence-corrected chi connectivity index (χ3v) is 6.49. The van der Waals surface area contributed by atoms with Gasteiger partial charge in [-0.05, 0) is 51.4 Å². The van der Waals surface area contributed by atoms with Gasteiger partial charge in [-0.3, -0.25) is 4.79 Å². The maximum Gasteiger partial charge on any atom is 0.226 e. The number of nitrogens with one attached hydrogen (secondary N) is 1. The summed E-state index contributed by atoms with van der Waals surface area (Å²) in [6.45, 7) is 8.52. The van der Waals surface area contributed by atoms with Crippen molar-refractivity contribution in [3.63, 3.8) is 0 Å². The highest BCUT2D eigenvalue weighted by Gasteiger charge is 2.44. The smallest absolute Gasteiger partial charge is 0.226 e. The summed E-state index contributed by atoms with van der Waals surface area (Å²) in [7, 11) is 0. The lowest BCUT2D eigenvalue weighted by Crippen LogP contribution is -2.55. The summed E-state index contributed by atoms with van der Waals surface area (Å²) in [6.07, 6.45) is 4.76. The molecule has 2 aliphatic rings. The van der Waals surface area contributed by atoms with E-state index in [1.165, 1.54) is 12.8 Å². The van der Waals surface area contributed by atoms with Gasteiger partial charge in [0.15, 0.2) is 0 Å². The Morgan fingerprint density at radius 1 is 1.20 bits per heavy atom. The third kappa shape index (κ3) is 3.22. The summed E-state index contributed by atoms with van der Waals surface area (Å²) >= 11 is 3.62. The largest absolute Gasteiger partial charge is 0.374 e. The van der Waals surface area contributed by atoms with Crippen LogP contribution < -0.4 is 5.32 Å². The van der Waals surface area contributed by atoms with Crippen LogP contribution in [0, 0.1) is 17.8 Å². The van der Waals surface area contributed by atoms with Crippen molar-refractivity contribution in [1.82, 2.24) is 5.32 Å². The molecular formula is C16H28BrNO2. The molecule has 4 heteroatoms. The van der Waals surface area contributed by atoms with Gasteiger partial charge in [-0.15, -0.1) is 0 Å². The molecule has 1 heterocycles. The third-order valence-electron chi connectivity index (χ3n) is 5.42. The van der Waals surface area contributed by atoms with E-state index in [4.69, 9.17) is 4.74 Å². The normalized spacial score (nSPS) is 45.4. The zero-order valence-electron chi connectivity index (χ0n) is 13.1. The van der Waals surface area contributed by atoms with Crippen molar-refractivity contribution in [2.75, 3.05) is 5.33 Å². The average Bonchev–Trinajstić information content (AvgIpc) is 2.66. The number of carbonyl (C=O) groups excluding carboxylic acids is 1. The highest BCUT2D eigenvalue weighted by Crippen LogP contribution is 2.36. The molecule has 4 atom stereocenters. The maximum atomic E-state index is 12.7. The van der Waals surface area contributed by atoms with Gasteiger partial charge in [0, 0.05) is 10.9 Å². The lowest BCUT2D eigenvalue weighted by atomic mass is 9.77. The Kier molecular flexibility index (Phi) is 5.17. The van der Waals surface area contributed by atoms with Crippen LogP contribution in [0.2, 0.25) is 0 Å². The molecule has 4 unspecified atom stereocenters. The average molecular weight is 346 g/mol. The molecule has 3 nitrogen and oxygen atoms in total. The summed E-state index contributed by atoms with van der Waals surface area (Å²) in [6, 6.07) is 0. The standard InChI is InChI=1S/C16H28BrNO2/c1-10-5-7-16(9-17,8-6-10)18-15(19)14-11(2)12(3)20-13(14)4/h10-14H,5-9H2,1-4H3,(H,18,19). The highest BCUT2D eigenvalue weighted by molar-refractivity contribution is 9.09. The van der Waals surface area contributed by atoms with Crippen LogP contribution in [0.5, 0.6) is 0 Å². The summed E-state index contributed by atoms with van der Waals surface area (Å²) < 4.78 is 5.81. The summed E-state index contributed by atoms with van der Waals surface area (Å²) in [5.41, 5.74) is -0.0468. The molecule has 1 saturated heterocycles. The maximum absolute atomic E-state index is 12.7. The first-order valence-electron chi connectivity index (χ1n) is 7.92. The molecule has 1 amide bonds. The Morgan fingerprint density at radius 3 is 2.25 bits per heavy atom. The molecule has 0 radical (unpaired) electrons. The molecule has 1 aliphatic carbocycles. The zero-order chi connectivity index (χ0) is 14.9. The number of ether oxygens (including phenoxy) is 1. The number of carbonyl (C=O) groups is 1. The van der Waals surface area contributed by atoms with Crippen LogP contribution in [0.3, 0.4) is 0 Å². The van der Waals surface area contributed by atoms with Crippen LogP contribution in [-0.4, -0.2) is 29.0 Å². The quantitative estimate of drug-likeness (QED) is 0.795. The molecule has 20 heavy (non-hydrogen) atoms. The van der Waals surface area contributed by atoms with Gasteiger partial charge in [-0.1, -0.05) is 29.8 Å². The first kappa shape index (κ1) is 16.3. The van der Waals surface area contributed by atoms with E-state index in [0.717, 1.165) is 24.1 Å². The fraction of sp³-hybridized carbons (Fsp3) is 0.938. The van der Waals surface area contributed by atoms with E-state index in [9.17, 15) is 4.79 Å². The van der Waals surface area contributed by atoms with E-state index in [-0.39, 0.29) is 29.6 Å². The summed E-state index contributed by atoms with van der Waals surface area (Å²) in [5, 5.41) is 4.21. The molecule has 0 aromatic rings. The second-order valence-corrected chi connectivity index (χ2v) is 7.58. The first-order chi connectivity index (χ1) is 9.38. The van der Waals surface area contributed by atoms with E-state index in [1.807, 2.05) is 6.92 Å². The molecule has 1 N–H and O–H groups in total. The number of rotatable bonds is 3. The van der Waals surface area contributed by atoms with Crippen molar-refractivity contribution in [2.45, 2.75) is 71.1 Å². The minimum absolute atomic E-state index is 0.0136. The van der Waals surface area contributed by atoms with Crippen molar-refractivity contribution in [1.29, 1.82) is 0 Å². The van der Waals surface area contributed by atoms with Gasteiger partial charge in [0.05, 0.1) is 18.1 Å². The molecule has 0 aromatic heterocycles. The van der Waals surface area contributed by atoms with Crippen LogP contribution in [-0.2, 0) is 9.53 Å². The Hall–Kier alpha value is -0.0900. The molecule has 116 valence electrons. The first-order valence-corrected chi connectivity index (χ1v) is 9.04. The van der Waals surface area contributed by atoms with Gasteiger partial charge in [0.1, 0.15) is 0 Å². The van der Waals surface area contributed by atoms with Gasteiger partial charge >= 0.3 is 0 Å². The molecule has 0 bridgehead atoms. The molecule has 1 aliphatic heterocycles. The Labute approximate surface area is 131 Å². The van der Waals surface area contributed by atoms with Crippen LogP contribution >= 0.6 is 15.9 Å². The van der Waals surface area contributed by atoms with Gasteiger partial charge in [0.25, 0.3) is 0 Å². The minimum atomic E-state index is -0.0468. The van der Waals surface area contributed by atoms with E-state index in [0.29, 0.717) is 5.92 Å². The van der Waals surface area contributed by atoms with E-state index >= 15 is 0 Å². The predicted octanol–water partition coefficient (Wildman–Crippen LogP) is 3.51. The lowest BCUT2D eigenvalue weighted by molar-refractivity contribution is -0.129. The Balaban J connectivity index is 2.02. The minimum Gasteiger partial charge on any atom is -0.374 e. The Morgan fingerprint density at radius 2 is 1.80 bits per heavy atom. The van der Waals surface area contributed by atoms with Crippen molar-refractivity contribution in [3.8, 4) is 0 Å². The SMILES string of the molecule is CC1CCC(CBr)(NC(=O)C2C(C)OC(C)C2C)CC1. The van der Waals surface area contributed by atoms with Gasteiger partial charge in [-0.2, -0.15) is 0 Å². The predicted molar refractivity (Wildman–Crippen MR) is 85.0 cm³/mol. The second-order valence-electron chi connectivity index (χ2n) is 7.02. The molecule has 0 spiro atoms. The molecular weight excluding hydrogens is 318 g/mol. The topological polar surface area (TPSA) is 38.3 Å². The van der Waals surface area contributed by atoms with Crippen LogP contribution in [0.15, 0.2) is 0 Å². The lowest BCUT2D eigenvalue weighted by Gasteiger charge is -2.40. The second kappa shape index (κ2) is 6.35. The van der Waals surface area contributed by atoms with E-state index in [1.54, 1.807) is 0 Å². The van der Waals surface area contributed by atoms with Crippen molar-refractivity contribution >= 4 is 21.8 Å². The highest BCUT2D eigenvalue weighted by atomic mass is 79.9. The molecule has 1 saturated carbocycles. The number of halogens is 1. The van der Waals surface area contributed by atoms with Crippen molar-refractivity contribution < 1.29 is 9.53 Å². The van der Waals surface area contributed by atoms with Crippen molar-refractivity contribution in [2.24, 2.45) is 17.8 Å². The number of alkyl halides is 1. The van der Waals surface area contributed by atoms with Gasteiger partial charge < -0.3 is 10.1 Å². The zero-order valence-corrected chi connectivity index (χ0v) is 14.7. The fourth-order valence-electron chi connectivity index (χ4n) is 3.67. The monoisotopic (exact) mass is 345 g/mol. The van der Waals surface area contributed by atoms with Gasteiger partial charge in [0.2, 0.25) is 5.91 Å². The fourth-order valence-corrected chi connectivity index (χ4v) is 4.37. The number of hydrogen-bond acceptors (Lipinski definition) is 2. The number of amides is 1. The van der Waals surface area contributed by atoms with Crippen LogP contribution in [0.4, 0.5) is 0 Å². The molecule has 2 fully saturated rings. The Bertz CT molecular complexity index is 352. The van der Waals surface area contributed by atoms with E-state index in [2.05, 4.69) is 42.0 Å². The van der Waals surface area contributed by atoms with Crippen LogP contribution in [0.25, 0.3) is 0 Å². The summed E-state index contributed by atoms with van der Waals surface area (Å²) in [5.74, 6) is 1.25. The van der Waals surface area contributed by atoms with Crippen LogP contribution in [0.1, 0.15) is 53.4 Å². The number of hydrogen-bond donors (Lipinski definition) is 1. The molecule has 2 rings (SSSR count). The summed E-state index contributed by atoms with van der Waals surface area (Å²) in [4.78, 5) is 12.7. The van der Waals surface area contributed by atoms with E-state index < -0.39 is 0 Å². The van der Waals surface area contributed by atoms with Gasteiger partial charge in [-0.25, -0.2) is 0 Å². The van der Waals surface area contributed by atoms with Crippen molar-refractivity contribution in [3.05, 3.63) is 0 Å².